The van der Waals surface area contributed by atoms with E-state index in [0.717, 1.165) is 12.1 Å². The summed E-state index contributed by atoms with van der Waals surface area (Å²) in [6.45, 7) is 0. The molecule has 0 atom stereocenters. The molecule has 78 valence electrons. The highest BCUT2D eigenvalue weighted by Crippen LogP contribution is 2.24. The Morgan fingerprint density at radius 1 is 1.20 bits per heavy atom. The van der Waals surface area contributed by atoms with Crippen LogP contribution >= 0.6 is 11.6 Å². The molecular formula is C9H5ClF2N2O. The van der Waals surface area contributed by atoms with Crippen molar-refractivity contribution in [2.75, 3.05) is 0 Å². The number of nitrogens with zero attached hydrogens (tertiary/aromatic N) is 2. The van der Waals surface area contributed by atoms with Crippen LogP contribution in [0.2, 0.25) is 0 Å². The molecule has 0 saturated carbocycles. The van der Waals surface area contributed by atoms with Crippen molar-refractivity contribution in [2.24, 2.45) is 0 Å². The fraction of sp³-hybridized carbons (Fsp3) is 0.111. The monoisotopic (exact) mass is 230 g/mol. The van der Waals surface area contributed by atoms with E-state index in [9.17, 15) is 8.78 Å². The Morgan fingerprint density at radius 3 is 2.40 bits per heavy atom. The van der Waals surface area contributed by atoms with Crippen molar-refractivity contribution >= 4 is 11.6 Å². The molecule has 0 fully saturated rings. The summed E-state index contributed by atoms with van der Waals surface area (Å²) in [5.74, 6) is -1.58. The minimum absolute atomic E-state index is 0.00305. The summed E-state index contributed by atoms with van der Waals surface area (Å²) in [6.07, 6.45) is 0. The molecule has 15 heavy (non-hydrogen) atoms. The second-order valence-electron chi connectivity index (χ2n) is 2.73. The standard InChI is InChI=1S/C9H5ClF2N2O/c10-4-7-13-14-9(15-7)8-5(11)2-1-3-6(8)12/h1-3H,4H2. The molecule has 0 aliphatic carbocycles. The van der Waals surface area contributed by atoms with E-state index in [-0.39, 0.29) is 23.2 Å². The Kier molecular flexibility index (Phi) is 2.64. The Bertz CT molecular complexity index is 466. The molecule has 1 aromatic heterocycles. The van der Waals surface area contributed by atoms with Crippen molar-refractivity contribution < 1.29 is 13.2 Å². The summed E-state index contributed by atoms with van der Waals surface area (Å²) in [5.41, 5.74) is -0.332. The summed E-state index contributed by atoms with van der Waals surface area (Å²) in [5, 5.41) is 7.01. The Balaban J connectivity index is 2.53. The van der Waals surface area contributed by atoms with E-state index in [0.29, 0.717) is 0 Å². The molecule has 3 nitrogen and oxygen atoms in total. The zero-order valence-corrected chi connectivity index (χ0v) is 8.13. The zero-order chi connectivity index (χ0) is 10.8. The fourth-order valence-corrected chi connectivity index (χ4v) is 1.22. The molecule has 2 aromatic rings. The number of hydrogen-bond donors (Lipinski definition) is 0. The van der Waals surface area contributed by atoms with Gasteiger partial charge in [-0.25, -0.2) is 8.78 Å². The third kappa shape index (κ3) is 1.83. The van der Waals surface area contributed by atoms with Gasteiger partial charge >= 0.3 is 0 Å². The van der Waals surface area contributed by atoms with Crippen LogP contribution in [0.5, 0.6) is 0 Å². The predicted molar refractivity (Wildman–Crippen MR) is 49.2 cm³/mol. The van der Waals surface area contributed by atoms with Gasteiger partial charge in [-0.2, -0.15) is 0 Å². The molecule has 0 radical (unpaired) electrons. The number of benzene rings is 1. The quantitative estimate of drug-likeness (QED) is 0.745. The SMILES string of the molecule is Fc1cccc(F)c1-c1nnc(CCl)o1. The molecule has 0 unspecified atom stereocenters. The van der Waals surface area contributed by atoms with Gasteiger partial charge in [0.25, 0.3) is 5.89 Å². The van der Waals surface area contributed by atoms with Crippen LogP contribution in [0.25, 0.3) is 11.5 Å². The lowest BCUT2D eigenvalue weighted by atomic mass is 10.2. The highest BCUT2D eigenvalue weighted by atomic mass is 35.5. The van der Waals surface area contributed by atoms with Gasteiger partial charge in [0, 0.05) is 0 Å². The number of hydrogen-bond acceptors (Lipinski definition) is 3. The lowest BCUT2D eigenvalue weighted by Crippen LogP contribution is -1.89. The van der Waals surface area contributed by atoms with Crippen LogP contribution in [0.15, 0.2) is 22.6 Å². The first kappa shape index (κ1) is 10.0. The normalized spacial score (nSPS) is 10.6. The van der Waals surface area contributed by atoms with Crippen molar-refractivity contribution in [3.8, 4) is 11.5 Å². The summed E-state index contributed by atoms with van der Waals surface area (Å²) in [7, 11) is 0. The average Bonchev–Trinajstić information content (AvgIpc) is 2.66. The number of aromatic nitrogens is 2. The molecule has 0 spiro atoms. The topological polar surface area (TPSA) is 38.9 Å². The molecule has 0 N–H and O–H groups in total. The van der Waals surface area contributed by atoms with Crippen LogP contribution in [0.3, 0.4) is 0 Å². The van der Waals surface area contributed by atoms with Crippen LogP contribution in [-0.4, -0.2) is 10.2 Å². The second kappa shape index (κ2) is 3.94. The highest BCUT2D eigenvalue weighted by molar-refractivity contribution is 6.16. The van der Waals surface area contributed by atoms with E-state index in [4.69, 9.17) is 16.0 Å². The first-order valence-corrected chi connectivity index (χ1v) is 4.58. The summed E-state index contributed by atoms with van der Waals surface area (Å²) >= 11 is 5.42. The molecule has 1 heterocycles. The number of rotatable bonds is 2. The van der Waals surface area contributed by atoms with E-state index >= 15 is 0 Å². The van der Waals surface area contributed by atoms with Crippen molar-refractivity contribution in [3.63, 3.8) is 0 Å². The molecule has 2 rings (SSSR count). The summed E-state index contributed by atoms with van der Waals surface area (Å²) in [4.78, 5) is 0. The molecule has 0 saturated heterocycles. The second-order valence-corrected chi connectivity index (χ2v) is 3.00. The number of halogens is 3. The minimum atomic E-state index is -0.750. The lowest BCUT2D eigenvalue weighted by molar-refractivity contribution is 0.512. The first-order chi connectivity index (χ1) is 7.22. The van der Waals surface area contributed by atoms with Crippen LogP contribution in [0, 0.1) is 11.6 Å². The van der Waals surface area contributed by atoms with Gasteiger partial charge in [0.15, 0.2) is 0 Å². The van der Waals surface area contributed by atoms with Gasteiger partial charge in [-0.05, 0) is 12.1 Å². The van der Waals surface area contributed by atoms with Gasteiger partial charge in [-0.15, -0.1) is 21.8 Å². The van der Waals surface area contributed by atoms with Gasteiger partial charge in [-0.3, -0.25) is 0 Å². The fourth-order valence-electron chi connectivity index (χ4n) is 1.11. The first-order valence-electron chi connectivity index (χ1n) is 4.05. The van der Waals surface area contributed by atoms with E-state index in [2.05, 4.69) is 10.2 Å². The van der Waals surface area contributed by atoms with Gasteiger partial charge in [0.1, 0.15) is 23.1 Å². The van der Waals surface area contributed by atoms with Crippen molar-refractivity contribution in [1.29, 1.82) is 0 Å². The van der Waals surface area contributed by atoms with Gasteiger partial charge in [0.2, 0.25) is 5.89 Å². The molecule has 0 aliphatic heterocycles. The smallest absolute Gasteiger partial charge is 0.253 e. The summed E-state index contributed by atoms with van der Waals surface area (Å²) < 4.78 is 31.4. The zero-order valence-electron chi connectivity index (χ0n) is 7.38. The van der Waals surface area contributed by atoms with E-state index in [1.807, 2.05) is 0 Å². The Hall–Kier alpha value is -1.49. The van der Waals surface area contributed by atoms with Gasteiger partial charge in [-0.1, -0.05) is 6.07 Å². The van der Waals surface area contributed by atoms with Crippen molar-refractivity contribution in [2.45, 2.75) is 5.88 Å². The van der Waals surface area contributed by atoms with Gasteiger partial charge < -0.3 is 4.42 Å². The maximum absolute atomic E-state index is 13.2. The van der Waals surface area contributed by atoms with Gasteiger partial charge in [0.05, 0.1) is 0 Å². The molecule has 0 bridgehead atoms. The molecule has 1 aromatic carbocycles. The molecule has 0 amide bonds. The van der Waals surface area contributed by atoms with Crippen LogP contribution in [0.1, 0.15) is 5.89 Å². The van der Waals surface area contributed by atoms with E-state index in [1.165, 1.54) is 6.07 Å². The Morgan fingerprint density at radius 2 is 1.87 bits per heavy atom. The molecule has 6 heteroatoms. The van der Waals surface area contributed by atoms with Crippen molar-refractivity contribution in [3.05, 3.63) is 35.7 Å². The lowest BCUT2D eigenvalue weighted by Gasteiger charge is -1.98. The molecule has 0 aliphatic rings. The third-order valence-corrected chi connectivity index (χ3v) is 1.99. The summed E-state index contributed by atoms with van der Waals surface area (Å²) in [6, 6.07) is 3.49. The largest absolute Gasteiger partial charge is 0.419 e. The maximum Gasteiger partial charge on any atom is 0.253 e. The highest BCUT2D eigenvalue weighted by Gasteiger charge is 2.16. The van der Waals surface area contributed by atoms with Crippen LogP contribution in [0.4, 0.5) is 8.78 Å². The number of alkyl halides is 1. The predicted octanol–water partition coefficient (Wildman–Crippen LogP) is 2.75. The maximum atomic E-state index is 13.2. The van der Waals surface area contributed by atoms with E-state index in [1.54, 1.807) is 0 Å². The van der Waals surface area contributed by atoms with Crippen LogP contribution < -0.4 is 0 Å². The van der Waals surface area contributed by atoms with Crippen LogP contribution in [-0.2, 0) is 5.88 Å². The molecular weight excluding hydrogens is 226 g/mol. The Labute approximate surface area is 88.7 Å². The van der Waals surface area contributed by atoms with Crippen molar-refractivity contribution in [1.82, 2.24) is 10.2 Å². The van der Waals surface area contributed by atoms with E-state index < -0.39 is 11.6 Å². The average molecular weight is 231 g/mol. The minimum Gasteiger partial charge on any atom is -0.419 e. The third-order valence-electron chi connectivity index (χ3n) is 1.76.